The first-order valence-electron chi connectivity index (χ1n) is 8.45. The largest absolute Gasteiger partial charge is 0.497 e. The summed E-state index contributed by atoms with van der Waals surface area (Å²) in [6.45, 7) is -0.330. The van der Waals surface area contributed by atoms with Crippen LogP contribution in [0, 0.1) is 0 Å². The average molecular weight is 401 g/mol. The lowest BCUT2D eigenvalue weighted by atomic mass is 10.2. The number of ether oxygens (including phenoxy) is 1. The smallest absolute Gasteiger partial charge is 0.263 e. The summed E-state index contributed by atoms with van der Waals surface area (Å²) in [7, 11) is 1.56. The predicted octanol–water partition coefficient (Wildman–Crippen LogP) is 2.04. The molecule has 3 rings (SSSR count). The van der Waals surface area contributed by atoms with E-state index in [-0.39, 0.29) is 24.8 Å². The number of carbonyl (C=O) groups is 3. The fraction of sp³-hybridized carbons (Fsp3) is 0.211. The van der Waals surface area contributed by atoms with Crippen LogP contribution in [0.15, 0.2) is 53.4 Å². The second-order valence-corrected chi connectivity index (χ2v) is 7.26. The van der Waals surface area contributed by atoms with E-state index in [1.807, 2.05) is 12.1 Å². The fourth-order valence-electron chi connectivity index (χ4n) is 2.80. The van der Waals surface area contributed by atoms with E-state index in [1.165, 1.54) is 22.1 Å². The predicted molar refractivity (Wildman–Crippen MR) is 105 cm³/mol. The Morgan fingerprint density at radius 2 is 1.86 bits per heavy atom. The number of nitrogens with one attached hydrogen (secondary N) is 2. The van der Waals surface area contributed by atoms with Crippen molar-refractivity contribution in [1.29, 1.82) is 0 Å². The fourth-order valence-corrected chi connectivity index (χ4v) is 4.03. The van der Waals surface area contributed by atoms with Crippen LogP contribution in [0.2, 0.25) is 0 Å². The molecule has 146 valence electrons. The van der Waals surface area contributed by atoms with E-state index in [0.29, 0.717) is 17.1 Å². The minimum atomic E-state index is -0.712. The van der Waals surface area contributed by atoms with Crippen LogP contribution in [0.25, 0.3) is 0 Å². The lowest BCUT2D eigenvalue weighted by Crippen LogP contribution is -2.46. The Morgan fingerprint density at radius 1 is 1.14 bits per heavy atom. The average Bonchev–Trinajstić information content (AvgIpc) is 2.71. The molecule has 0 saturated heterocycles. The molecule has 28 heavy (non-hydrogen) atoms. The zero-order valence-electron chi connectivity index (χ0n) is 15.0. The highest BCUT2D eigenvalue weighted by atomic mass is 32.2. The number of hydrogen-bond donors (Lipinski definition) is 3. The van der Waals surface area contributed by atoms with Crippen molar-refractivity contribution in [3.8, 4) is 5.75 Å². The van der Waals surface area contributed by atoms with Crippen LogP contribution in [0.3, 0.4) is 0 Å². The minimum absolute atomic E-state index is 0.0545. The molecule has 1 unspecified atom stereocenters. The number of hydrogen-bond acceptors (Lipinski definition) is 6. The van der Waals surface area contributed by atoms with Crippen LogP contribution in [0.5, 0.6) is 5.75 Å². The third-order valence-corrected chi connectivity index (χ3v) is 5.39. The summed E-state index contributed by atoms with van der Waals surface area (Å²) >= 11 is 1.28. The van der Waals surface area contributed by atoms with E-state index in [4.69, 9.17) is 9.94 Å². The second kappa shape index (κ2) is 8.77. The minimum Gasteiger partial charge on any atom is -0.497 e. The summed E-state index contributed by atoms with van der Waals surface area (Å²) in [5.74, 6) is -0.721. The Hall–Kier alpha value is -3.04. The molecule has 0 aromatic heterocycles. The van der Waals surface area contributed by atoms with Crippen molar-refractivity contribution in [2.75, 3.05) is 23.9 Å². The van der Waals surface area contributed by atoms with Crippen LogP contribution >= 0.6 is 11.8 Å². The van der Waals surface area contributed by atoms with Gasteiger partial charge in [-0.25, -0.2) is 5.48 Å². The second-order valence-electron chi connectivity index (χ2n) is 6.01. The summed E-state index contributed by atoms with van der Waals surface area (Å²) in [4.78, 5) is 39.0. The van der Waals surface area contributed by atoms with Gasteiger partial charge in [0.1, 0.15) is 12.3 Å². The summed E-state index contributed by atoms with van der Waals surface area (Å²) in [6, 6.07) is 14.0. The molecular weight excluding hydrogens is 382 g/mol. The highest BCUT2D eigenvalue weighted by molar-refractivity contribution is 8.01. The van der Waals surface area contributed by atoms with Gasteiger partial charge in [-0.1, -0.05) is 12.1 Å². The van der Waals surface area contributed by atoms with E-state index in [2.05, 4.69) is 5.32 Å². The molecule has 2 aromatic rings. The molecule has 9 heteroatoms. The summed E-state index contributed by atoms with van der Waals surface area (Å²) in [5.41, 5.74) is 2.70. The van der Waals surface area contributed by atoms with E-state index >= 15 is 0 Å². The Bertz CT molecular complexity index is 887. The molecule has 0 fully saturated rings. The zero-order valence-corrected chi connectivity index (χ0v) is 15.9. The Balaban J connectivity index is 1.73. The van der Waals surface area contributed by atoms with E-state index < -0.39 is 11.2 Å². The maximum Gasteiger partial charge on any atom is 0.263 e. The Labute approximate surface area is 165 Å². The van der Waals surface area contributed by atoms with E-state index in [1.54, 1.807) is 43.5 Å². The number of hydroxylamine groups is 1. The highest BCUT2D eigenvalue weighted by Gasteiger charge is 2.35. The van der Waals surface area contributed by atoms with Crippen molar-refractivity contribution < 1.29 is 24.3 Å². The number of methoxy groups -OCH3 is 1. The van der Waals surface area contributed by atoms with E-state index in [0.717, 1.165) is 4.90 Å². The van der Waals surface area contributed by atoms with Crippen LogP contribution in [-0.4, -0.2) is 41.8 Å². The lowest BCUT2D eigenvalue weighted by Gasteiger charge is -2.32. The number of thioether (sulfide) groups is 1. The molecule has 3 amide bonds. The van der Waals surface area contributed by atoms with Crippen LogP contribution in [-0.2, 0) is 14.4 Å². The lowest BCUT2D eigenvalue weighted by molar-refractivity contribution is -0.129. The van der Waals surface area contributed by atoms with Gasteiger partial charge in [0.25, 0.3) is 5.91 Å². The van der Waals surface area contributed by atoms with Crippen LogP contribution < -0.4 is 20.4 Å². The monoisotopic (exact) mass is 401 g/mol. The van der Waals surface area contributed by atoms with Gasteiger partial charge in [-0.15, -0.1) is 11.8 Å². The van der Waals surface area contributed by atoms with Crippen molar-refractivity contribution in [3.05, 3.63) is 48.5 Å². The Morgan fingerprint density at radius 3 is 2.54 bits per heavy atom. The number of nitrogens with zero attached hydrogens (tertiary/aromatic N) is 1. The maximum absolute atomic E-state index is 12.9. The summed E-state index contributed by atoms with van der Waals surface area (Å²) in [5, 5.41) is 10.9. The molecular formula is C19H19N3O5S. The van der Waals surface area contributed by atoms with Gasteiger partial charge in [-0.2, -0.15) is 0 Å². The molecule has 3 N–H and O–H groups in total. The SMILES string of the molecule is COc1ccc(NC(=O)CC2Sc3ccccc3N(CC(=O)NO)C2=O)cc1. The molecule has 1 aliphatic heterocycles. The number of anilines is 2. The van der Waals surface area contributed by atoms with Crippen molar-refractivity contribution in [2.24, 2.45) is 0 Å². The molecule has 1 atom stereocenters. The molecule has 0 aliphatic carbocycles. The molecule has 2 aromatic carbocycles. The van der Waals surface area contributed by atoms with Crippen molar-refractivity contribution in [1.82, 2.24) is 5.48 Å². The zero-order chi connectivity index (χ0) is 20.1. The van der Waals surface area contributed by atoms with Crippen molar-refractivity contribution in [3.63, 3.8) is 0 Å². The third-order valence-electron chi connectivity index (χ3n) is 4.14. The van der Waals surface area contributed by atoms with Gasteiger partial charge >= 0.3 is 0 Å². The van der Waals surface area contributed by atoms with Gasteiger partial charge in [0.2, 0.25) is 11.8 Å². The maximum atomic E-state index is 12.9. The molecule has 0 saturated carbocycles. The number of fused-ring (bicyclic) bond motifs is 1. The molecule has 0 radical (unpaired) electrons. The molecule has 8 nitrogen and oxygen atoms in total. The number of amides is 3. The molecule has 1 heterocycles. The van der Waals surface area contributed by atoms with Gasteiger partial charge in [0, 0.05) is 17.0 Å². The van der Waals surface area contributed by atoms with Gasteiger partial charge in [0.15, 0.2) is 0 Å². The number of carbonyl (C=O) groups excluding carboxylic acids is 3. The van der Waals surface area contributed by atoms with Crippen molar-refractivity contribution in [2.45, 2.75) is 16.6 Å². The molecule has 0 spiro atoms. The standard InChI is InChI=1S/C19H19N3O5S/c1-27-13-8-6-12(7-9-13)20-17(23)10-16-19(25)22(11-18(24)21-26)14-4-2-3-5-15(14)28-16/h2-9,16,26H,10-11H2,1H3,(H,20,23)(H,21,24). The molecule has 1 aliphatic rings. The van der Waals surface area contributed by atoms with E-state index in [9.17, 15) is 14.4 Å². The number of rotatable bonds is 6. The number of para-hydroxylation sites is 1. The van der Waals surface area contributed by atoms with Gasteiger partial charge in [0.05, 0.1) is 18.0 Å². The first-order chi connectivity index (χ1) is 13.5. The van der Waals surface area contributed by atoms with Gasteiger partial charge in [-0.3, -0.25) is 19.6 Å². The highest BCUT2D eigenvalue weighted by Crippen LogP contribution is 2.40. The third kappa shape index (κ3) is 4.44. The van der Waals surface area contributed by atoms with Gasteiger partial charge < -0.3 is 15.0 Å². The first kappa shape index (κ1) is 19.7. The number of benzene rings is 2. The van der Waals surface area contributed by atoms with Crippen molar-refractivity contribution >= 4 is 40.9 Å². The van der Waals surface area contributed by atoms with Crippen LogP contribution in [0.1, 0.15) is 6.42 Å². The van der Waals surface area contributed by atoms with Crippen LogP contribution in [0.4, 0.5) is 11.4 Å². The summed E-state index contributed by atoms with van der Waals surface area (Å²) < 4.78 is 5.08. The summed E-state index contributed by atoms with van der Waals surface area (Å²) in [6.07, 6.45) is -0.0545. The topological polar surface area (TPSA) is 108 Å². The normalized spacial score (nSPS) is 15.6. The quantitative estimate of drug-likeness (QED) is 0.505. The Kier molecular flexibility index (Phi) is 6.17. The first-order valence-corrected chi connectivity index (χ1v) is 9.33. The molecule has 0 bridgehead atoms. The van der Waals surface area contributed by atoms with Gasteiger partial charge in [-0.05, 0) is 36.4 Å².